The van der Waals surface area contributed by atoms with E-state index in [2.05, 4.69) is 31.7 Å². The van der Waals surface area contributed by atoms with Crippen LogP contribution in [0.4, 0.5) is 5.69 Å². The number of rotatable bonds is 5. The van der Waals surface area contributed by atoms with E-state index in [1.54, 1.807) is 13.2 Å². The van der Waals surface area contributed by atoms with Crippen LogP contribution >= 0.6 is 0 Å². The third kappa shape index (κ3) is 4.02. The normalized spacial score (nSPS) is 14.7. The molecule has 3 aromatic rings. The fourth-order valence-electron chi connectivity index (χ4n) is 3.82. The maximum absolute atomic E-state index is 12.5. The number of nitrogens with zero attached hydrogens (tertiary/aromatic N) is 2. The lowest BCUT2D eigenvalue weighted by atomic mass is 10.1. The molecule has 0 aliphatic carbocycles. The minimum atomic E-state index is -0.629. The van der Waals surface area contributed by atoms with Crippen molar-refractivity contribution in [2.75, 3.05) is 45.3 Å². The molecule has 156 valence electrons. The molecule has 1 N–H and O–H groups in total. The van der Waals surface area contributed by atoms with Crippen LogP contribution in [0.5, 0.6) is 5.75 Å². The molecule has 0 atom stereocenters. The average molecular weight is 407 g/mol. The number of piperazine rings is 1. The number of carbonyl (C=O) groups is 1. The highest BCUT2D eigenvalue weighted by molar-refractivity contribution is 5.94. The zero-order valence-corrected chi connectivity index (χ0v) is 17.2. The van der Waals surface area contributed by atoms with E-state index in [1.807, 2.05) is 24.3 Å². The molecule has 2 heterocycles. The summed E-state index contributed by atoms with van der Waals surface area (Å²) in [6.07, 6.45) is 1.42. The summed E-state index contributed by atoms with van der Waals surface area (Å²) < 4.78 is 9.89. The van der Waals surface area contributed by atoms with Gasteiger partial charge in [-0.2, -0.15) is 0 Å². The maximum Gasteiger partial charge on any atom is 0.343 e. The van der Waals surface area contributed by atoms with Gasteiger partial charge < -0.3 is 19.4 Å². The van der Waals surface area contributed by atoms with Crippen molar-refractivity contribution >= 4 is 22.6 Å². The number of carbonyl (C=O) groups excluding carboxylic acids is 1. The Morgan fingerprint density at radius 1 is 1.03 bits per heavy atom. The summed E-state index contributed by atoms with van der Waals surface area (Å²) in [5.74, 6) is 0.242. The van der Waals surface area contributed by atoms with Crippen LogP contribution in [0, 0.1) is 0 Å². The number of hydrogen-bond acceptors (Lipinski definition) is 6. The molecule has 0 saturated carbocycles. The highest BCUT2D eigenvalue weighted by atomic mass is 16.5. The van der Waals surface area contributed by atoms with Gasteiger partial charge in [-0.1, -0.05) is 12.1 Å². The molecule has 1 aliphatic heterocycles. The molecule has 4 rings (SSSR count). The summed E-state index contributed by atoms with van der Waals surface area (Å²) >= 11 is 0. The third-order valence-corrected chi connectivity index (χ3v) is 5.57. The Labute approximate surface area is 174 Å². The predicted octanol–water partition coefficient (Wildman–Crippen LogP) is 2.65. The van der Waals surface area contributed by atoms with Gasteiger partial charge in [0.25, 0.3) is 0 Å². The summed E-state index contributed by atoms with van der Waals surface area (Å²) in [4.78, 5) is 32.1. The molecule has 1 aliphatic rings. The number of fused-ring (bicyclic) bond motifs is 1. The summed E-state index contributed by atoms with van der Waals surface area (Å²) in [5.41, 5.74) is 2.75. The van der Waals surface area contributed by atoms with Crippen molar-refractivity contribution in [3.05, 3.63) is 70.0 Å². The van der Waals surface area contributed by atoms with Gasteiger partial charge in [0.15, 0.2) is 0 Å². The lowest BCUT2D eigenvalue weighted by molar-refractivity contribution is 0.0599. The molecule has 7 heteroatoms. The number of pyridine rings is 1. The topological polar surface area (TPSA) is 74.9 Å². The Balaban J connectivity index is 1.43. The van der Waals surface area contributed by atoms with Crippen LogP contribution in [0.1, 0.15) is 15.9 Å². The van der Waals surface area contributed by atoms with E-state index in [0.29, 0.717) is 10.9 Å². The number of anilines is 1. The monoisotopic (exact) mass is 407 g/mol. The van der Waals surface area contributed by atoms with Crippen molar-refractivity contribution in [2.24, 2.45) is 0 Å². The second-order valence-corrected chi connectivity index (χ2v) is 7.36. The molecule has 7 nitrogen and oxygen atoms in total. The Morgan fingerprint density at radius 2 is 1.77 bits per heavy atom. The first-order valence-electron chi connectivity index (χ1n) is 9.93. The SMILES string of the molecule is COC(=O)c1c[nH]c2cc(N3CCN(Cc4ccc(OC)cc4)CC3)ccc2c1=O. The Kier molecular flexibility index (Phi) is 5.72. The van der Waals surface area contributed by atoms with Gasteiger partial charge in [0.2, 0.25) is 5.43 Å². The van der Waals surface area contributed by atoms with Gasteiger partial charge in [0, 0.05) is 50.0 Å². The highest BCUT2D eigenvalue weighted by Crippen LogP contribution is 2.22. The summed E-state index contributed by atoms with van der Waals surface area (Å²) in [6.45, 7) is 4.65. The predicted molar refractivity (Wildman–Crippen MR) is 116 cm³/mol. The molecular weight excluding hydrogens is 382 g/mol. The van der Waals surface area contributed by atoms with E-state index in [1.165, 1.54) is 18.9 Å². The highest BCUT2D eigenvalue weighted by Gasteiger charge is 2.19. The van der Waals surface area contributed by atoms with Gasteiger partial charge >= 0.3 is 5.97 Å². The van der Waals surface area contributed by atoms with Crippen molar-refractivity contribution in [2.45, 2.75) is 6.54 Å². The lowest BCUT2D eigenvalue weighted by Crippen LogP contribution is -2.45. The van der Waals surface area contributed by atoms with Crippen LogP contribution in [0.15, 0.2) is 53.5 Å². The first-order valence-corrected chi connectivity index (χ1v) is 9.93. The summed E-state index contributed by atoms with van der Waals surface area (Å²) in [5, 5.41) is 0.486. The number of esters is 1. The number of nitrogens with one attached hydrogen (secondary N) is 1. The van der Waals surface area contributed by atoms with Gasteiger partial charge in [-0.15, -0.1) is 0 Å². The number of aromatic nitrogens is 1. The largest absolute Gasteiger partial charge is 0.497 e. The van der Waals surface area contributed by atoms with Crippen LogP contribution in [-0.4, -0.2) is 56.3 Å². The molecule has 1 fully saturated rings. The average Bonchev–Trinajstić information content (AvgIpc) is 2.79. The molecule has 2 aromatic carbocycles. The van der Waals surface area contributed by atoms with Crippen molar-refractivity contribution in [1.29, 1.82) is 0 Å². The number of hydrogen-bond donors (Lipinski definition) is 1. The molecule has 0 spiro atoms. The molecule has 1 saturated heterocycles. The minimum Gasteiger partial charge on any atom is -0.497 e. The molecule has 0 unspecified atom stereocenters. The van der Waals surface area contributed by atoms with Crippen LogP contribution in [0.25, 0.3) is 10.9 Å². The van der Waals surface area contributed by atoms with Gasteiger partial charge in [0.1, 0.15) is 11.3 Å². The van der Waals surface area contributed by atoms with Gasteiger partial charge in [-0.3, -0.25) is 9.69 Å². The molecular formula is C23H25N3O4. The molecule has 30 heavy (non-hydrogen) atoms. The van der Waals surface area contributed by atoms with E-state index in [9.17, 15) is 9.59 Å². The molecule has 1 aromatic heterocycles. The van der Waals surface area contributed by atoms with Crippen LogP contribution in [0.3, 0.4) is 0 Å². The van der Waals surface area contributed by atoms with Gasteiger partial charge in [-0.25, -0.2) is 4.79 Å². The third-order valence-electron chi connectivity index (χ3n) is 5.57. The standard InChI is InChI=1S/C23H25N3O4/c1-29-18-6-3-16(4-7-18)15-25-9-11-26(12-10-25)17-5-8-19-21(13-17)24-14-20(22(19)27)23(28)30-2/h3-8,13-14H,9-12,15H2,1-2H3,(H,24,27). The smallest absolute Gasteiger partial charge is 0.343 e. The second kappa shape index (κ2) is 8.59. The van der Waals surface area contributed by atoms with E-state index in [-0.39, 0.29) is 11.0 Å². The van der Waals surface area contributed by atoms with Gasteiger partial charge in [0.05, 0.1) is 19.7 Å². The first-order chi connectivity index (χ1) is 14.6. The lowest BCUT2D eigenvalue weighted by Gasteiger charge is -2.36. The van der Waals surface area contributed by atoms with Crippen LogP contribution in [-0.2, 0) is 11.3 Å². The molecule has 0 radical (unpaired) electrons. The number of aromatic amines is 1. The number of methoxy groups -OCH3 is 2. The van der Waals surface area contributed by atoms with E-state index < -0.39 is 5.97 Å². The van der Waals surface area contributed by atoms with Crippen molar-refractivity contribution in [3.8, 4) is 5.75 Å². The maximum atomic E-state index is 12.5. The first kappa shape index (κ1) is 20.0. The zero-order chi connectivity index (χ0) is 21.1. The molecule has 0 amide bonds. The minimum absolute atomic E-state index is 0.0184. The Hall–Kier alpha value is -3.32. The number of benzene rings is 2. The summed E-state index contributed by atoms with van der Waals surface area (Å²) in [6, 6.07) is 13.9. The van der Waals surface area contributed by atoms with Gasteiger partial charge in [-0.05, 0) is 35.9 Å². The van der Waals surface area contributed by atoms with Crippen LogP contribution in [0.2, 0.25) is 0 Å². The van der Waals surface area contributed by atoms with Crippen molar-refractivity contribution in [1.82, 2.24) is 9.88 Å². The number of ether oxygens (including phenoxy) is 2. The quantitative estimate of drug-likeness (QED) is 0.656. The Morgan fingerprint density at radius 3 is 2.43 bits per heavy atom. The summed E-state index contributed by atoms with van der Waals surface area (Å²) in [7, 11) is 2.94. The van der Waals surface area contributed by atoms with Crippen LogP contribution < -0.4 is 15.1 Å². The zero-order valence-electron chi connectivity index (χ0n) is 17.2. The van der Waals surface area contributed by atoms with Crippen molar-refractivity contribution < 1.29 is 14.3 Å². The van der Waals surface area contributed by atoms with E-state index in [0.717, 1.165) is 44.2 Å². The van der Waals surface area contributed by atoms with Crippen molar-refractivity contribution in [3.63, 3.8) is 0 Å². The molecule has 0 bridgehead atoms. The fourth-order valence-corrected chi connectivity index (χ4v) is 3.82. The Bertz CT molecular complexity index is 1100. The fraction of sp³-hybridized carbons (Fsp3) is 0.304. The van der Waals surface area contributed by atoms with E-state index >= 15 is 0 Å². The number of H-pyrrole nitrogens is 1. The van der Waals surface area contributed by atoms with E-state index in [4.69, 9.17) is 4.74 Å². The second-order valence-electron chi connectivity index (χ2n) is 7.36.